The molecular formula is C20H20N4O5S2. The van der Waals surface area contributed by atoms with Gasteiger partial charge in [0.1, 0.15) is 5.00 Å². The van der Waals surface area contributed by atoms with Gasteiger partial charge in [-0.05, 0) is 37.3 Å². The van der Waals surface area contributed by atoms with Gasteiger partial charge in [-0.3, -0.25) is 9.89 Å². The second-order valence-electron chi connectivity index (χ2n) is 6.06. The summed E-state index contributed by atoms with van der Waals surface area (Å²) in [6.45, 7) is 1.39. The van der Waals surface area contributed by atoms with Crippen molar-refractivity contribution in [2.45, 2.75) is 6.92 Å². The van der Waals surface area contributed by atoms with Crippen LogP contribution in [0.4, 0.5) is 10.7 Å². The Morgan fingerprint density at radius 1 is 1.16 bits per heavy atom. The number of aromatic amines is 1. The zero-order valence-corrected chi connectivity index (χ0v) is 18.4. The SMILES string of the molecule is CCOC(=O)c1cc(-c2ccn[nH]2)sc1NC(=O)COC(=O)c1cccc(NSC)c1. The summed E-state index contributed by atoms with van der Waals surface area (Å²) in [7, 11) is 0. The van der Waals surface area contributed by atoms with Crippen LogP contribution in [0.2, 0.25) is 0 Å². The molecule has 3 rings (SSSR count). The van der Waals surface area contributed by atoms with Crippen LogP contribution >= 0.6 is 23.3 Å². The van der Waals surface area contributed by atoms with Gasteiger partial charge in [-0.1, -0.05) is 18.0 Å². The minimum atomic E-state index is -0.630. The molecule has 1 amide bonds. The Morgan fingerprint density at radius 2 is 2.00 bits per heavy atom. The van der Waals surface area contributed by atoms with E-state index >= 15 is 0 Å². The number of rotatable bonds is 9. The number of amides is 1. The van der Waals surface area contributed by atoms with Crippen molar-refractivity contribution in [3.05, 3.63) is 53.7 Å². The summed E-state index contributed by atoms with van der Waals surface area (Å²) in [6, 6.07) is 10.1. The fourth-order valence-electron chi connectivity index (χ4n) is 2.57. The van der Waals surface area contributed by atoms with Crippen molar-refractivity contribution in [2.24, 2.45) is 0 Å². The highest BCUT2D eigenvalue weighted by atomic mass is 32.2. The summed E-state index contributed by atoms with van der Waals surface area (Å²) >= 11 is 2.58. The molecule has 0 aliphatic rings. The van der Waals surface area contributed by atoms with Crippen molar-refractivity contribution in [3.8, 4) is 10.6 Å². The van der Waals surface area contributed by atoms with Crippen molar-refractivity contribution < 1.29 is 23.9 Å². The maximum Gasteiger partial charge on any atom is 0.341 e. The molecule has 31 heavy (non-hydrogen) atoms. The fourth-order valence-corrected chi connectivity index (χ4v) is 3.97. The van der Waals surface area contributed by atoms with E-state index in [0.29, 0.717) is 21.1 Å². The third-order valence-electron chi connectivity index (χ3n) is 3.90. The molecular weight excluding hydrogens is 440 g/mol. The molecule has 0 spiro atoms. The first-order valence-corrected chi connectivity index (χ1v) is 11.2. The van der Waals surface area contributed by atoms with E-state index in [4.69, 9.17) is 9.47 Å². The maximum absolute atomic E-state index is 12.4. The third-order valence-corrected chi connectivity index (χ3v) is 5.42. The average Bonchev–Trinajstić information content (AvgIpc) is 3.43. The summed E-state index contributed by atoms with van der Waals surface area (Å²) in [6.07, 6.45) is 3.45. The smallest absolute Gasteiger partial charge is 0.341 e. The number of anilines is 2. The van der Waals surface area contributed by atoms with Gasteiger partial charge in [-0.25, -0.2) is 9.59 Å². The average molecular weight is 461 g/mol. The molecule has 3 aromatic rings. The van der Waals surface area contributed by atoms with Crippen molar-refractivity contribution >= 4 is 51.8 Å². The van der Waals surface area contributed by atoms with Crippen LogP contribution in [0.5, 0.6) is 0 Å². The minimum absolute atomic E-state index is 0.198. The second-order valence-corrected chi connectivity index (χ2v) is 7.72. The van der Waals surface area contributed by atoms with Gasteiger partial charge < -0.3 is 19.5 Å². The fraction of sp³-hybridized carbons (Fsp3) is 0.200. The van der Waals surface area contributed by atoms with Gasteiger partial charge in [0.05, 0.1) is 28.3 Å². The van der Waals surface area contributed by atoms with Crippen molar-refractivity contribution in [2.75, 3.05) is 29.5 Å². The Kier molecular flexibility index (Phi) is 7.68. The van der Waals surface area contributed by atoms with Crippen LogP contribution in [0.3, 0.4) is 0 Å². The Bertz CT molecular complexity index is 1070. The predicted octanol–water partition coefficient (Wildman–Crippen LogP) is 3.80. The van der Waals surface area contributed by atoms with Crippen LogP contribution in [0, 0.1) is 0 Å². The second kappa shape index (κ2) is 10.6. The highest BCUT2D eigenvalue weighted by Gasteiger charge is 2.21. The Morgan fingerprint density at radius 3 is 2.71 bits per heavy atom. The number of carbonyl (C=O) groups is 3. The minimum Gasteiger partial charge on any atom is -0.462 e. The van der Waals surface area contributed by atoms with E-state index in [1.165, 1.54) is 23.3 Å². The number of hydrogen-bond acceptors (Lipinski definition) is 9. The lowest BCUT2D eigenvalue weighted by atomic mass is 10.2. The van der Waals surface area contributed by atoms with E-state index in [1.807, 2.05) is 12.3 Å². The van der Waals surface area contributed by atoms with Gasteiger partial charge in [-0.15, -0.1) is 11.3 Å². The molecule has 2 aromatic heterocycles. The number of esters is 2. The number of nitrogens with zero attached hydrogens (tertiary/aromatic N) is 1. The van der Waals surface area contributed by atoms with Gasteiger partial charge in [0.15, 0.2) is 6.61 Å². The first kappa shape index (κ1) is 22.4. The molecule has 1 aromatic carbocycles. The molecule has 11 heteroatoms. The van der Waals surface area contributed by atoms with Crippen LogP contribution in [0.25, 0.3) is 10.6 Å². The number of H-pyrrole nitrogens is 1. The summed E-state index contributed by atoms with van der Waals surface area (Å²) < 4.78 is 13.2. The Labute approximate surface area is 186 Å². The predicted molar refractivity (Wildman–Crippen MR) is 120 cm³/mol. The zero-order chi connectivity index (χ0) is 22.2. The molecule has 0 unspecified atom stereocenters. The Balaban J connectivity index is 1.67. The van der Waals surface area contributed by atoms with Crippen LogP contribution in [0.15, 0.2) is 42.6 Å². The molecule has 0 aliphatic carbocycles. The van der Waals surface area contributed by atoms with Crippen LogP contribution < -0.4 is 10.0 Å². The highest BCUT2D eigenvalue weighted by Crippen LogP contribution is 2.35. The largest absolute Gasteiger partial charge is 0.462 e. The molecule has 2 heterocycles. The van der Waals surface area contributed by atoms with Crippen LogP contribution in [-0.2, 0) is 14.3 Å². The van der Waals surface area contributed by atoms with E-state index in [0.717, 1.165) is 5.69 Å². The van der Waals surface area contributed by atoms with E-state index in [1.54, 1.807) is 43.5 Å². The summed E-state index contributed by atoms with van der Waals surface area (Å²) in [5.74, 6) is -1.76. The molecule has 0 saturated carbocycles. The van der Waals surface area contributed by atoms with Gasteiger partial charge in [-0.2, -0.15) is 5.10 Å². The van der Waals surface area contributed by atoms with E-state index in [-0.39, 0.29) is 12.2 Å². The lowest BCUT2D eigenvalue weighted by Crippen LogP contribution is -2.21. The monoisotopic (exact) mass is 460 g/mol. The van der Waals surface area contributed by atoms with Gasteiger partial charge >= 0.3 is 11.9 Å². The number of carbonyl (C=O) groups excluding carboxylic acids is 3. The molecule has 0 atom stereocenters. The van der Waals surface area contributed by atoms with E-state index in [9.17, 15) is 14.4 Å². The molecule has 0 saturated heterocycles. The van der Waals surface area contributed by atoms with Crippen LogP contribution in [0.1, 0.15) is 27.6 Å². The normalized spacial score (nSPS) is 10.4. The number of aromatic nitrogens is 2. The van der Waals surface area contributed by atoms with Gasteiger partial charge in [0, 0.05) is 18.1 Å². The van der Waals surface area contributed by atoms with E-state index < -0.39 is 24.5 Å². The quantitative estimate of drug-likeness (QED) is 0.326. The Hall–Kier alpha value is -3.31. The number of ether oxygens (including phenoxy) is 2. The lowest BCUT2D eigenvalue weighted by Gasteiger charge is -2.08. The molecule has 0 aliphatic heterocycles. The first-order valence-electron chi connectivity index (χ1n) is 9.18. The lowest BCUT2D eigenvalue weighted by molar-refractivity contribution is -0.119. The molecule has 9 nitrogen and oxygen atoms in total. The standard InChI is InChI=1S/C20H20N4O5S2/c1-3-28-20(27)14-10-16(15-7-8-21-23-15)31-18(14)22-17(25)11-29-19(26)12-5-4-6-13(9-12)24-30-2/h4-10,24H,3,11H2,1-2H3,(H,21,23)(H,22,25). The number of hydrogen-bond donors (Lipinski definition) is 3. The van der Waals surface area contributed by atoms with Crippen molar-refractivity contribution in [1.82, 2.24) is 10.2 Å². The molecule has 0 bridgehead atoms. The summed E-state index contributed by atoms with van der Waals surface area (Å²) in [5.41, 5.74) is 1.97. The topological polar surface area (TPSA) is 122 Å². The zero-order valence-electron chi connectivity index (χ0n) is 16.8. The van der Waals surface area contributed by atoms with Crippen molar-refractivity contribution in [1.29, 1.82) is 0 Å². The molecule has 162 valence electrons. The third kappa shape index (κ3) is 5.86. The first-order chi connectivity index (χ1) is 15.0. The van der Waals surface area contributed by atoms with Crippen LogP contribution in [-0.4, -0.2) is 47.5 Å². The van der Waals surface area contributed by atoms with Gasteiger partial charge in [0.25, 0.3) is 5.91 Å². The summed E-state index contributed by atoms with van der Waals surface area (Å²) in [4.78, 5) is 37.6. The molecule has 0 fully saturated rings. The number of benzene rings is 1. The van der Waals surface area contributed by atoms with Crippen molar-refractivity contribution in [3.63, 3.8) is 0 Å². The highest BCUT2D eigenvalue weighted by molar-refractivity contribution is 7.99. The van der Waals surface area contributed by atoms with Gasteiger partial charge in [0.2, 0.25) is 0 Å². The number of nitrogens with one attached hydrogen (secondary N) is 3. The molecule has 0 radical (unpaired) electrons. The van der Waals surface area contributed by atoms with E-state index in [2.05, 4.69) is 20.2 Å². The summed E-state index contributed by atoms with van der Waals surface area (Å²) in [5, 5.41) is 9.62. The number of thiophene rings is 1. The maximum atomic E-state index is 12.4. The molecule has 3 N–H and O–H groups in total.